The van der Waals surface area contributed by atoms with Gasteiger partial charge >= 0.3 is 6.18 Å². The summed E-state index contributed by atoms with van der Waals surface area (Å²) in [7, 11) is 0. The summed E-state index contributed by atoms with van der Waals surface area (Å²) in [5, 5.41) is 2.75. The Balaban J connectivity index is 2.24. The minimum absolute atomic E-state index is 0.0581. The molecule has 1 amide bonds. The summed E-state index contributed by atoms with van der Waals surface area (Å²) in [5.74, 6) is 0.0989. The van der Waals surface area contributed by atoms with Crippen LogP contribution < -0.4 is 5.32 Å². The maximum absolute atomic E-state index is 13.0. The van der Waals surface area contributed by atoms with Gasteiger partial charge in [0.25, 0.3) is 5.91 Å². The molecule has 3 atom stereocenters. The lowest BCUT2D eigenvalue weighted by molar-refractivity contribution is -0.138. The molecule has 0 aromatic heterocycles. The molecule has 0 saturated heterocycles. The Bertz CT molecular complexity index is 544. The lowest BCUT2D eigenvalue weighted by Crippen LogP contribution is -2.38. The van der Waals surface area contributed by atoms with E-state index in [-0.39, 0.29) is 17.5 Å². The molecule has 2 nitrogen and oxygen atoms in total. The molecular weight excluding hydrogens is 347 g/mol. The van der Waals surface area contributed by atoms with Crippen LogP contribution in [0.15, 0.2) is 22.7 Å². The van der Waals surface area contributed by atoms with Crippen molar-refractivity contribution in [3.05, 3.63) is 33.8 Å². The minimum atomic E-state index is -4.55. The van der Waals surface area contributed by atoms with E-state index >= 15 is 0 Å². The Morgan fingerprint density at radius 2 is 1.95 bits per heavy atom. The summed E-state index contributed by atoms with van der Waals surface area (Å²) >= 11 is 3.01. The molecule has 0 radical (unpaired) electrons. The SMILES string of the molecule is CC1CCC(NC(=O)c2ccc(Br)cc2C(F)(F)F)C1C. The van der Waals surface area contributed by atoms with Gasteiger partial charge in [-0.2, -0.15) is 13.2 Å². The Kier molecular flexibility index (Phi) is 4.66. The Morgan fingerprint density at radius 1 is 1.29 bits per heavy atom. The van der Waals surface area contributed by atoms with Crippen molar-refractivity contribution in [2.45, 2.75) is 38.9 Å². The Labute approximate surface area is 130 Å². The quantitative estimate of drug-likeness (QED) is 0.815. The highest BCUT2D eigenvalue weighted by Crippen LogP contribution is 2.35. The third-order valence-electron chi connectivity index (χ3n) is 4.31. The number of alkyl halides is 3. The second kappa shape index (κ2) is 5.99. The van der Waals surface area contributed by atoms with Crippen LogP contribution in [0, 0.1) is 11.8 Å². The maximum Gasteiger partial charge on any atom is 0.417 e. The predicted molar refractivity (Wildman–Crippen MR) is 78.0 cm³/mol. The molecule has 1 aliphatic rings. The molecule has 6 heteroatoms. The van der Waals surface area contributed by atoms with Gasteiger partial charge in [0.15, 0.2) is 0 Å². The van der Waals surface area contributed by atoms with E-state index in [0.717, 1.165) is 18.9 Å². The Hall–Kier alpha value is -1.04. The van der Waals surface area contributed by atoms with E-state index in [4.69, 9.17) is 0 Å². The summed E-state index contributed by atoms with van der Waals surface area (Å²) in [6, 6.07) is 3.54. The molecule has 0 heterocycles. The zero-order valence-electron chi connectivity index (χ0n) is 11.8. The largest absolute Gasteiger partial charge is 0.417 e. The van der Waals surface area contributed by atoms with Crippen LogP contribution in [0.25, 0.3) is 0 Å². The van der Waals surface area contributed by atoms with Crippen molar-refractivity contribution in [3.8, 4) is 0 Å². The van der Waals surface area contributed by atoms with Crippen molar-refractivity contribution in [2.75, 3.05) is 0 Å². The molecule has 0 bridgehead atoms. The third-order valence-corrected chi connectivity index (χ3v) is 4.81. The number of hydrogen-bond donors (Lipinski definition) is 1. The van der Waals surface area contributed by atoms with Gasteiger partial charge in [0, 0.05) is 10.5 Å². The predicted octanol–water partition coefficient (Wildman–Crippen LogP) is 4.63. The van der Waals surface area contributed by atoms with Crippen LogP contribution in [0.1, 0.15) is 42.6 Å². The highest BCUT2D eigenvalue weighted by atomic mass is 79.9. The van der Waals surface area contributed by atoms with Gasteiger partial charge < -0.3 is 5.32 Å². The van der Waals surface area contributed by atoms with Gasteiger partial charge in [-0.1, -0.05) is 29.8 Å². The fourth-order valence-corrected chi connectivity index (χ4v) is 3.12. The summed E-state index contributed by atoms with van der Waals surface area (Å²) in [5.41, 5.74) is -1.23. The first-order chi connectivity index (χ1) is 9.70. The highest BCUT2D eigenvalue weighted by molar-refractivity contribution is 9.10. The number of rotatable bonds is 2. The molecule has 2 rings (SSSR count). The van der Waals surface area contributed by atoms with Crippen LogP contribution in [-0.4, -0.2) is 11.9 Å². The number of carbonyl (C=O) groups excluding carboxylic acids is 1. The topological polar surface area (TPSA) is 29.1 Å². The van der Waals surface area contributed by atoms with Gasteiger partial charge in [-0.05, 0) is 42.9 Å². The first kappa shape index (κ1) is 16.3. The second-order valence-corrected chi connectivity index (χ2v) is 6.60. The number of benzene rings is 1. The van der Waals surface area contributed by atoms with Crippen LogP contribution >= 0.6 is 15.9 Å². The van der Waals surface area contributed by atoms with Gasteiger partial charge in [0.2, 0.25) is 0 Å². The Morgan fingerprint density at radius 3 is 2.48 bits per heavy atom. The van der Waals surface area contributed by atoms with E-state index in [9.17, 15) is 18.0 Å². The number of hydrogen-bond acceptors (Lipinski definition) is 1. The average molecular weight is 364 g/mol. The number of carbonyl (C=O) groups is 1. The van der Waals surface area contributed by atoms with E-state index in [1.807, 2.05) is 6.92 Å². The molecule has 116 valence electrons. The molecule has 1 N–H and O–H groups in total. The zero-order valence-corrected chi connectivity index (χ0v) is 13.4. The van der Waals surface area contributed by atoms with E-state index in [2.05, 4.69) is 28.2 Å². The monoisotopic (exact) mass is 363 g/mol. The molecular formula is C15H17BrF3NO. The first-order valence-corrected chi connectivity index (χ1v) is 7.67. The molecule has 0 aliphatic heterocycles. The summed E-state index contributed by atoms with van der Waals surface area (Å²) < 4.78 is 39.4. The van der Waals surface area contributed by atoms with E-state index < -0.39 is 17.6 Å². The van der Waals surface area contributed by atoms with Gasteiger partial charge in [-0.25, -0.2) is 0 Å². The smallest absolute Gasteiger partial charge is 0.349 e. The summed E-state index contributed by atoms with van der Waals surface area (Å²) in [4.78, 5) is 12.2. The highest BCUT2D eigenvalue weighted by Gasteiger charge is 2.37. The van der Waals surface area contributed by atoms with Crippen LogP contribution in [0.5, 0.6) is 0 Å². The first-order valence-electron chi connectivity index (χ1n) is 6.87. The summed E-state index contributed by atoms with van der Waals surface area (Å²) in [6.07, 6.45) is -2.75. The molecule has 1 fully saturated rings. The van der Waals surface area contributed by atoms with Crippen molar-refractivity contribution in [1.82, 2.24) is 5.32 Å². The second-order valence-electron chi connectivity index (χ2n) is 5.68. The van der Waals surface area contributed by atoms with Crippen LogP contribution in [-0.2, 0) is 6.18 Å². The van der Waals surface area contributed by atoms with E-state index in [1.54, 1.807) is 0 Å². The molecule has 0 spiro atoms. The van der Waals surface area contributed by atoms with Gasteiger partial charge in [-0.15, -0.1) is 0 Å². The molecule has 21 heavy (non-hydrogen) atoms. The van der Waals surface area contributed by atoms with Crippen molar-refractivity contribution in [2.24, 2.45) is 11.8 Å². The van der Waals surface area contributed by atoms with Crippen molar-refractivity contribution in [3.63, 3.8) is 0 Å². The van der Waals surface area contributed by atoms with Crippen LogP contribution in [0.3, 0.4) is 0 Å². The van der Waals surface area contributed by atoms with E-state index in [0.29, 0.717) is 10.4 Å². The normalized spacial score (nSPS) is 25.9. The van der Waals surface area contributed by atoms with Gasteiger partial charge in [-0.3, -0.25) is 4.79 Å². The standard InChI is InChI=1S/C15H17BrF3NO/c1-8-3-6-13(9(8)2)20-14(21)11-5-4-10(16)7-12(11)15(17,18)19/h4-5,7-9,13H,3,6H2,1-2H3,(H,20,21). The number of nitrogens with one attached hydrogen (secondary N) is 1. The van der Waals surface area contributed by atoms with Gasteiger partial charge in [0.1, 0.15) is 0 Å². The number of amides is 1. The van der Waals surface area contributed by atoms with Crippen molar-refractivity contribution in [1.29, 1.82) is 0 Å². The average Bonchev–Trinajstić information content (AvgIpc) is 2.69. The molecule has 1 aromatic rings. The molecule has 1 aliphatic carbocycles. The zero-order chi connectivity index (χ0) is 15.8. The van der Waals surface area contributed by atoms with Gasteiger partial charge in [0.05, 0.1) is 11.1 Å². The minimum Gasteiger partial charge on any atom is -0.349 e. The fourth-order valence-electron chi connectivity index (χ4n) is 2.76. The van der Waals surface area contributed by atoms with Crippen LogP contribution in [0.2, 0.25) is 0 Å². The third kappa shape index (κ3) is 3.59. The van der Waals surface area contributed by atoms with E-state index in [1.165, 1.54) is 12.1 Å². The molecule has 1 aromatic carbocycles. The van der Waals surface area contributed by atoms with Crippen LogP contribution in [0.4, 0.5) is 13.2 Å². The number of halogens is 4. The van der Waals surface area contributed by atoms with Crippen molar-refractivity contribution < 1.29 is 18.0 Å². The molecule has 1 saturated carbocycles. The lowest BCUT2D eigenvalue weighted by atomic mass is 9.97. The lowest BCUT2D eigenvalue weighted by Gasteiger charge is -2.21. The maximum atomic E-state index is 13.0. The molecule has 3 unspecified atom stereocenters. The van der Waals surface area contributed by atoms with Crippen molar-refractivity contribution >= 4 is 21.8 Å². The fraction of sp³-hybridized carbons (Fsp3) is 0.533. The summed E-state index contributed by atoms with van der Waals surface area (Å²) in [6.45, 7) is 4.12.